The number of amides is 1. The molecule has 1 aromatic rings. The minimum atomic E-state index is -0.989. The maximum absolute atomic E-state index is 11.3. The lowest BCUT2D eigenvalue weighted by molar-refractivity contribution is -0.137. The topological polar surface area (TPSA) is 84.9 Å². The van der Waals surface area contributed by atoms with Crippen molar-refractivity contribution in [3.63, 3.8) is 0 Å². The van der Waals surface area contributed by atoms with E-state index in [1.54, 1.807) is 12.1 Å². The van der Waals surface area contributed by atoms with Crippen molar-refractivity contribution in [1.82, 2.24) is 5.32 Å². The molecule has 0 radical (unpaired) electrons. The first kappa shape index (κ1) is 15.6. The summed E-state index contributed by atoms with van der Waals surface area (Å²) in [6.45, 7) is 2.45. The van der Waals surface area contributed by atoms with E-state index in [1.807, 2.05) is 0 Å². The van der Waals surface area contributed by atoms with Gasteiger partial charge in [0.15, 0.2) is 11.5 Å². The Morgan fingerprint density at radius 2 is 2.10 bits per heavy atom. The van der Waals surface area contributed by atoms with Crippen LogP contribution in [0.15, 0.2) is 16.6 Å². The predicted octanol–water partition coefficient (Wildman–Crippen LogP) is 2.26. The third-order valence-electron chi connectivity index (χ3n) is 2.98. The number of carbonyl (C=O) groups excluding carboxylic acids is 1. The molecule has 7 heteroatoms. The van der Waals surface area contributed by atoms with Crippen molar-refractivity contribution in [1.29, 1.82) is 0 Å². The molecule has 0 saturated carbocycles. The zero-order valence-corrected chi connectivity index (χ0v) is 13.1. The second-order valence-electron chi connectivity index (χ2n) is 4.73. The molecule has 0 spiro atoms. The molecule has 0 bridgehead atoms. The van der Waals surface area contributed by atoms with Gasteiger partial charge in [0.1, 0.15) is 0 Å². The number of hydrogen-bond donors (Lipinski definition) is 2. The maximum atomic E-state index is 11.3. The Kier molecular flexibility index (Phi) is 5.06. The van der Waals surface area contributed by atoms with E-state index in [-0.39, 0.29) is 12.3 Å². The Morgan fingerprint density at radius 1 is 1.38 bits per heavy atom. The van der Waals surface area contributed by atoms with Gasteiger partial charge in [-0.2, -0.15) is 0 Å². The second kappa shape index (κ2) is 6.80. The Morgan fingerprint density at radius 3 is 2.76 bits per heavy atom. The molecule has 0 fully saturated rings. The highest BCUT2D eigenvalue weighted by Gasteiger charge is 2.22. The van der Waals surface area contributed by atoms with Crippen LogP contribution in [0.4, 0.5) is 0 Å². The van der Waals surface area contributed by atoms with Gasteiger partial charge in [-0.1, -0.05) is 0 Å². The van der Waals surface area contributed by atoms with E-state index < -0.39 is 12.0 Å². The van der Waals surface area contributed by atoms with Crippen LogP contribution in [0.3, 0.4) is 0 Å². The molecule has 0 aromatic heterocycles. The number of hydrogen-bond acceptors (Lipinski definition) is 4. The molecule has 1 atom stereocenters. The Bertz CT molecular complexity index is 545. The number of carboxylic acid groups (broad SMARTS) is 1. The van der Waals surface area contributed by atoms with Gasteiger partial charge < -0.3 is 19.9 Å². The fourth-order valence-corrected chi connectivity index (χ4v) is 2.70. The van der Waals surface area contributed by atoms with Crippen LogP contribution in [-0.2, 0) is 9.59 Å². The van der Waals surface area contributed by atoms with Crippen LogP contribution in [0.25, 0.3) is 0 Å². The van der Waals surface area contributed by atoms with Gasteiger partial charge in [0.25, 0.3) is 0 Å². The van der Waals surface area contributed by atoms with Gasteiger partial charge in [-0.25, -0.2) is 0 Å². The summed E-state index contributed by atoms with van der Waals surface area (Å²) in [5.41, 5.74) is 0.656. The molecule has 1 aliphatic heterocycles. The number of carboxylic acids is 1. The molecule has 1 heterocycles. The average molecular weight is 358 g/mol. The molecule has 1 aliphatic rings. The normalized spacial score (nSPS) is 15.0. The molecule has 0 saturated heterocycles. The van der Waals surface area contributed by atoms with Crippen LogP contribution in [0.2, 0.25) is 0 Å². The summed E-state index contributed by atoms with van der Waals surface area (Å²) < 4.78 is 11.9. The zero-order chi connectivity index (χ0) is 15.4. The zero-order valence-electron chi connectivity index (χ0n) is 11.5. The van der Waals surface area contributed by atoms with E-state index in [0.29, 0.717) is 34.7 Å². The number of ether oxygens (including phenoxy) is 2. The number of aliphatic carboxylic acids is 1. The molecule has 21 heavy (non-hydrogen) atoms. The van der Waals surface area contributed by atoms with Crippen LogP contribution in [0.1, 0.15) is 31.4 Å². The molecule has 1 unspecified atom stereocenters. The maximum Gasteiger partial charge on any atom is 0.305 e. The van der Waals surface area contributed by atoms with E-state index in [1.165, 1.54) is 6.92 Å². The number of benzene rings is 1. The first-order chi connectivity index (χ1) is 9.97. The molecule has 2 N–H and O–H groups in total. The largest absolute Gasteiger partial charge is 0.490 e. The number of nitrogens with one attached hydrogen (secondary N) is 1. The third-order valence-corrected chi connectivity index (χ3v) is 3.57. The first-order valence-electron chi connectivity index (χ1n) is 6.55. The van der Waals surface area contributed by atoms with Crippen LogP contribution in [0, 0.1) is 0 Å². The second-order valence-corrected chi connectivity index (χ2v) is 5.59. The molecule has 1 aromatic carbocycles. The lowest BCUT2D eigenvalue weighted by atomic mass is 10.0. The van der Waals surface area contributed by atoms with Gasteiger partial charge >= 0.3 is 5.97 Å². The molecule has 2 rings (SSSR count). The highest BCUT2D eigenvalue weighted by molar-refractivity contribution is 9.10. The summed E-state index contributed by atoms with van der Waals surface area (Å²) >= 11 is 3.40. The fraction of sp³-hybridized carbons (Fsp3) is 0.429. The van der Waals surface area contributed by atoms with E-state index in [9.17, 15) is 9.59 Å². The van der Waals surface area contributed by atoms with Crippen molar-refractivity contribution in [2.24, 2.45) is 0 Å². The van der Waals surface area contributed by atoms with Gasteiger partial charge in [0, 0.05) is 13.3 Å². The number of rotatable bonds is 4. The third kappa shape index (κ3) is 4.10. The van der Waals surface area contributed by atoms with Gasteiger partial charge in [-0.15, -0.1) is 0 Å². The Labute approximate surface area is 130 Å². The molecule has 0 aliphatic carbocycles. The summed E-state index contributed by atoms with van der Waals surface area (Å²) in [7, 11) is 0. The minimum Gasteiger partial charge on any atom is -0.490 e. The Balaban J connectivity index is 2.36. The van der Waals surface area contributed by atoms with Crippen molar-refractivity contribution >= 4 is 27.8 Å². The van der Waals surface area contributed by atoms with Crippen molar-refractivity contribution in [3.8, 4) is 11.5 Å². The van der Waals surface area contributed by atoms with Gasteiger partial charge in [-0.05, 0) is 33.6 Å². The first-order valence-corrected chi connectivity index (χ1v) is 7.34. The SMILES string of the molecule is CC(=O)NC(CC(=O)O)c1cc(Br)c2c(c1)OCCCO2. The van der Waals surface area contributed by atoms with Crippen molar-refractivity contribution in [2.45, 2.75) is 25.8 Å². The van der Waals surface area contributed by atoms with Gasteiger partial charge in [0.2, 0.25) is 5.91 Å². The van der Waals surface area contributed by atoms with E-state index in [4.69, 9.17) is 14.6 Å². The molecular weight excluding hydrogens is 342 g/mol. The van der Waals surface area contributed by atoms with Crippen molar-refractivity contribution < 1.29 is 24.2 Å². The lowest BCUT2D eigenvalue weighted by Gasteiger charge is -2.19. The van der Waals surface area contributed by atoms with Gasteiger partial charge in [0.05, 0.1) is 30.1 Å². The quantitative estimate of drug-likeness (QED) is 0.863. The molecular formula is C14H16BrNO5. The summed E-state index contributed by atoms with van der Waals surface area (Å²) in [5.74, 6) is -0.118. The number of fused-ring (bicyclic) bond motifs is 1. The van der Waals surface area contributed by atoms with E-state index in [2.05, 4.69) is 21.2 Å². The lowest BCUT2D eigenvalue weighted by Crippen LogP contribution is -2.28. The smallest absolute Gasteiger partial charge is 0.305 e. The molecule has 6 nitrogen and oxygen atoms in total. The standard InChI is InChI=1S/C14H16BrNO5/c1-8(17)16-11(7-13(18)19)9-5-10(15)14-12(6-9)20-3-2-4-21-14/h5-6,11H,2-4,7H2,1H3,(H,16,17)(H,18,19). The predicted molar refractivity (Wildman–Crippen MR) is 78.6 cm³/mol. The van der Waals surface area contributed by atoms with E-state index >= 15 is 0 Å². The highest BCUT2D eigenvalue weighted by atomic mass is 79.9. The summed E-state index contributed by atoms with van der Waals surface area (Å²) in [5, 5.41) is 11.6. The minimum absolute atomic E-state index is 0.203. The number of halogens is 1. The van der Waals surface area contributed by atoms with Crippen LogP contribution in [-0.4, -0.2) is 30.2 Å². The summed E-state index contributed by atoms with van der Waals surface area (Å²) in [4.78, 5) is 22.2. The van der Waals surface area contributed by atoms with Gasteiger partial charge in [-0.3, -0.25) is 9.59 Å². The fourth-order valence-electron chi connectivity index (χ4n) is 2.12. The molecule has 114 valence electrons. The summed E-state index contributed by atoms with van der Waals surface area (Å²) in [6, 6.07) is 2.85. The molecule has 1 amide bonds. The highest BCUT2D eigenvalue weighted by Crippen LogP contribution is 2.40. The van der Waals surface area contributed by atoms with Crippen molar-refractivity contribution in [2.75, 3.05) is 13.2 Å². The van der Waals surface area contributed by atoms with Crippen LogP contribution in [0.5, 0.6) is 11.5 Å². The van der Waals surface area contributed by atoms with Crippen molar-refractivity contribution in [3.05, 3.63) is 22.2 Å². The number of carbonyl (C=O) groups is 2. The van der Waals surface area contributed by atoms with Crippen LogP contribution >= 0.6 is 15.9 Å². The average Bonchev–Trinajstić information content (AvgIpc) is 2.62. The van der Waals surface area contributed by atoms with E-state index in [0.717, 1.165) is 6.42 Å². The van der Waals surface area contributed by atoms with Crippen LogP contribution < -0.4 is 14.8 Å². The Hall–Kier alpha value is -1.76. The summed E-state index contributed by atoms with van der Waals surface area (Å²) in [6.07, 6.45) is 0.576. The monoisotopic (exact) mass is 357 g/mol.